The van der Waals surface area contributed by atoms with E-state index in [1.54, 1.807) is 0 Å². The maximum absolute atomic E-state index is 6.64. The van der Waals surface area contributed by atoms with Crippen LogP contribution in [0.25, 0.3) is 0 Å². The molecule has 0 rings (SSSR count). The van der Waals surface area contributed by atoms with Crippen LogP contribution >= 0.6 is 11.5 Å². The van der Waals surface area contributed by atoms with Gasteiger partial charge in [0.2, 0.25) is 0 Å². The van der Waals surface area contributed by atoms with Crippen molar-refractivity contribution < 1.29 is 0 Å². The maximum atomic E-state index is 6.64. The van der Waals surface area contributed by atoms with Crippen molar-refractivity contribution in [2.45, 2.75) is 79.6 Å². The van der Waals surface area contributed by atoms with Gasteiger partial charge in [-0.2, -0.15) is 0 Å². The van der Waals surface area contributed by atoms with Gasteiger partial charge in [0, 0.05) is 0 Å². The molecule has 0 aliphatic rings. The SMILES string of the molecule is CC(C)N(B(Cl)N(C(C)C)C(C)C)C(C)C. The molecule has 0 unspecified atom stereocenters. The molecule has 96 valence electrons. The molecule has 0 bridgehead atoms. The van der Waals surface area contributed by atoms with E-state index < -0.39 is 0 Å². The van der Waals surface area contributed by atoms with Gasteiger partial charge in [0.05, 0.1) is 0 Å². The Morgan fingerprint density at radius 3 is 0.938 bits per heavy atom. The Hall–Kier alpha value is 0.275. The Labute approximate surface area is 107 Å². The minimum Gasteiger partial charge on any atom is -0.310 e. The van der Waals surface area contributed by atoms with Crippen LogP contribution in [0.15, 0.2) is 0 Å². The summed E-state index contributed by atoms with van der Waals surface area (Å²) in [6, 6.07) is 1.84. The molecule has 4 heteroatoms. The van der Waals surface area contributed by atoms with E-state index in [4.69, 9.17) is 11.5 Å². The zero-order chi connectivity index (χ0) is 13.0. The third-order valence-corrected chi connectivity index (χ3v) is 3.33. The Kier molecular flexibility index (Phi) is 7.00. The van der Waals surface area contributed by atoms with E-state index in [1.165, 1.54) is 0 Å². The van der Waals surface area contributed by atoms with Crippen LogP contribution in [0, 0.1) is 0 Å². The van der Waals surface area contributed by atoms with Gasteiger partial charge >= 0.3 is 6.40 Å². The lowest BCUT2D eigenvalue weighted by Gasteiger charge is -2.42. The lowest BCUT2D eigenvalue weighted by molar-refractivity contribution is 0.232. The smallest absolute Gasteiger partial charge is 0.310 e. The maximum Gasteiger partial charge on any atom is 0.420 e. The number of rotatable bonds is 6. The molecule has 0 aromatic carbocycles. The van der Waals surface area contributed by atoms with Crippen LogP contribution in [0.1, 0.15) is 55.4 Å². The molecular formula is C12H28BClN2. The van der Waals surface area contributed by atoms with E-state index in [2.05, 4.69) is 65.0 Å². The van der Waals surface area contributed by atoms with Crippen molar-refractivity contribution in [3.63, 3.8) is 0 Å². The van der Waals surface area contributed by atoms with Gasteiger partial charge < -0.3 is 9.62 Å². The largest absolute Gasteiger partial charge is 0.420 e. The quantitative estimate of drug-likeness (QED) is 0.663. The fourth-order valence-electron chi connectivity index (χ4n) is 2.33. The molecule has 0 atom stereocenters. The van der Waals surface area contributed by atoms with Crippen molar-refractivity contribution in [3.8, 4) is 0 Å². The summed E-state index contributed by atoms with van der Waals surface area (Å²) in [5, 5.41) is 0. The Morgan fingerprint density at radius 2 is 0.812 bits per heavy atom. The normalized spacial score (nSPS) is 12.9. The lowest BCUT2D eigenvalue weighted by atomic mass is 9.92. The van der Waals surface area contributed by atoms with E-state index >= 15 is 0 Å². The van der Waals surface area contributed by atoms with Gasteiger partial charge in [-0.15, -0.1) is 11.5 Å². The standard InChI is InChI=1S/C12H28BClN2/c1-9(2)15(10(3)4)13(14)16(11(5)6)12(7)8/h9-12H,1-8H3. The number of halogens is 1. The average molecular weight is 247 g/mol. The Balaban J connectivity index is 4.88. The minimum atomic E-state index is -0.0278. The summed E-state index contributed by atoms with van der Waals surface area (Å²) in [4.78, 5) is 4.70. The molecule has 0 radical (unpaired) electrons. The Bertz CT molecular complexity index is 159. The topological polar surface area (TPSA) is 6.48 Å². The molecule has 0 spiro atoms. The highest BCUT2D eigenvalue weighted by Crippen LogP contribution is 2.19. The van der Waals surface area contributed by atoms with Crippen LogP contribution in [0.4, 0.5) is 0 Å². The van der Waals surface area contributed by atoms with Crippen molar-refractivity contribution in [2.75, 3.05) is 0 Å². The summed E-state index contributed by atoms with van der Waals surface area (Å²) in [5.41, 5.74) is 0. The second kappa shape index (κ2) is 6.88. The van der Waals surface area contributed by atoms with Gasteiger partial charge in [0.25, 0.3) is 0 Å². The molecule has 0 N–H and O–H groups in total. The second-order valence-electron chi connectivity index (χ2n) is 5.58. The summed E-state index contributed by atoms with van der Waals surface area (Å²) in [6.07, 6.45) is -0.0278. The van der Waals surface area contributed by atoms with Crippen molar-refractivity contribution >= 4 is 17.9 Å². The van der Waals surface area contributed by atoms with Gasteiger partial charge in [-0.05, 0) is 24.2 Å². The molecule has 0 aromatic rings. The van der Waals surface area contributed by atoms with Crippen molar-refractivity contribution in [1.29, 1.82) is 0 Å². The molecule has 0 aromatic heterocycles. The number of hydrogen-bond acceptors (Lipinski definition) is 2. The van der Waals surface area contributed by atoms with Crippen LogP contribution in [0.2, 0.25) is 0 Å². The highest BCUT2D eigenvalue weighted by Gasteiger charge is 2.35. The van der Waals surface area contributed by atoms with Crippen LogP contribution < -0.4 is 0 Å². The first-order chi connectivity index (χ1) is 7.20. The summed E-state index contributed by atoms with van der Waals surface area (Å²) in [5.74, 6) is 0. The van der Waals surface area contributed by atoms with Gasteiger partial charge in [-0.3, -0.25) is 0 Å². The van der Waals surface area contributed by atoms with Gasteiger partial charge in [-0.1, -0.05) is 55.4 Å². The minimum absolute atomic E-state index is 0.0278. The molecule has 16 heavy (non-hydrogen) atoms. The van der Waals surface area contributed by atoms with Gasteiger partial charge in [0.15, 0.2) is 0 Å². The van der Waals surface area contributed by atoms with Gasteiger partial charge in [0.1, 0.15) is 0 Å². The summed E-state index contributed by atoms with van der Waals surface area (Å²) < 4.78 is 0. The second-order valence-corrected chi connectivity index (χ2v) is 5.97. The van der Waals surface area contributed by atoms with Crippen LogP contribution in [0.3, 0.4) is 0 Å². The first kappa shape index (κ1) is 16.3. The molecular weight excluding hydrogens is 218 g/mol. The molecule has 0 heterocycles. The fourth-order valence-corrected chi connectivity index (χ4v) is 3.23. The molecule has 0 amide bonds. The van der Waals surface area contributed by atoms with E-state index in [9.17, 15) is 0 Å². The summed E-state index contributed by atoms with van der Waals surface area (Å²) in [7, 11) is 0. The van der Waals surface area contributed by atoms with Crippen molar-refractivity contribution in [1.82, 2.24) is 9.62 Å². The van der Waals surface area contributed by atoms with E-state index in [0.29, 0.717) is 24.2 Å². The molecule has 0 saturated heterocycles. The Morgan fingerprint density at radius 1 is 0.625 bits per heavy atom. The van der Waals surface area contributed by atoms with E-state index in [-0.39, 0.29) is 6.40 Å². The van der Waals surface area contributed by atoms with Crippen LogP contribution in [-0.4, -0.2) is 40.2 Å². The third kappa shape index (κ3) is 4.27. The van der Waals surface area contributed by atoms with Crippen molar-refractivity contribution in [2.24, 2.45) is 0 Å². The molecule has 0 saturated carbocycles. The predicted octanol–water partition coefficient (Wildman–Crippen LogP) is 3.45. The predicted molar refractivity (Wildman–Crippen MR) is 75.8 cm³/mol. The average Bonchev–Trinajstić information content (AvgIpc) is 1.99. The molecule has 2 nitrogen and oxygen atoms in total. The third-order valence-electron chi connectivity index (χ3n) is 2.88. The van der Waals surface area contributed by atoms with E-state index in [0.717, 1.165) is 0 Å². The molecule has 0 fully saturated rings. The van der Waals surface area contributed by atoms with Gasteiger partial charge in [-0.25, -0.2) is 0 Å². The summed E-state index contributed by atoms with van der Waals surface area (Å²) >= 11 is 6.64. The molecule has 0 aliphatic heterocycles. The van der Waals surface area contributed by atoms with E-state index in [1.807, 2.05) is 0 Å². The first-order valence-electron chi connectivity index (χ1n) is 6.39. The zero-order valence-electron chi connectivity index (χ0n) is 12.2. The zero-order valence-corrected chi connectivity index (χ0v) is 12.9. The summed E-state index contributed by atoms with van der Waals surface area (Å²) in [6.45, 7) is 17.6. The monoisotopic (exact) mass is 246 g/mol. The van der Waals surface area contributed by atoms with Crippen LogP contribution in [-0.2, 0) is 0 Å². The van der Waals surface area contributed by atoms with Crippen molar-refractivity contribution in [3.05, 3.63) is 0 Å². The van der Waals surface area contributed by atoms with Crippen LogP contribution in [0.5, 0.6) is 0 Å². The fraction of sp³-hybridized carbons (Fsp3) is 1.00. The number of nitrogens with zero attached hydrogens (tertiary/aromatic N) is 2. The highest BCUT2D eigenvalue weighted by atomic mass is 35.5. The lowest BCUT2D eigenvalue weighted by Crippen LogP contribution is -2.58. The first-order valence-corrected chi connectivity index (χ1v) is 6.82. The highest BCUT2D eigenvalue weighted by molar-refractivity contribution is 7.03. The number of hydrogen-bond donors (Lipinski definition) is 0. The molecule has 0 aliphatic carbocycles.